The van der Waals surface area contributed by atoms with Gasteiger partial charge in [-0.3, -0.25) is 4.93 Å². The summed E-state index contributed by atoms with van der Waals surface area (Å²) >= 11 is 13.8. The predicted molar refractivity (Wildman–Crippen MR) is 333 cm³/mol. The Morgan fingerprint density at radius 2 is 0.987 bits per heavy atom. The maximum Gasteiger partial charge on any atom is 0.491 e. The number of aryl methyl sites for hydroxylation is 3. The van der Waals surface area contributed by atoms with Crippen LogP contribution in [-0.2, 0) is 72.3 Å². The van der Waals surface area contributed by atoms with Crippen molar-refractivity contribution >= 4 is 142 Å². The summed E-state index contributed by atoms with van der Waals surface area (Å²) in [6.07, 6.45) is 0. The number of alkyl halides is 1. The van der Waals surface area contributed by atoms with Crippen molar-refractivity contribution in [3.05, 3.63) is 165 Å². The minimum absolute atomic E-state index is 0. The fraction of sp³-hybridized carbons (Fsp3) is 0.385. The molecule has 0 aliphatic carbocycles. The number of benzene rings is 5. The van der Waals surface area contributed by atoms with Crippen LogP contribution < -0.4 is 35.1 Å². The van der Waals surface area contributed by atoms with Gasteiger partial charge in [0.05, 0.1) is 19.8 Å². The minimum atomic E-state index is -1.52. The monoisotopic (exact) mass is 1760 g/mol. The summed E-state index contributed by atoms with van der Waals surface area (Å²) in [5.41, 5.74) is 6.57. The number of aliphatic hydroxyl groups excluding tert-OH is 2. The van der Waals surface area contributed by atoms with Crippen LogP contribution in [0.3, 0.4) is 0 Å². The van der Waals surface area contributed by atoms with E-state index in [2.05, 4.69) is 102 Å². The Morgan fingerprint density at radius 1 is 0.620 bits per heavy atom. The maximum absolute atomic E-state index is 13.1. The SMILES string of the molecule is CC(C)(CO)CO.CC1(C)COB(c2ccc(F)cc2CBr)OC1.Cc1cc(F)ccc1B(O)O.Cc1cc(F)ccc1B1OCC(C)(C)CO1.Cc1cc(F)ccc1Br.I[I-]I.OB1OCc2cc(F)ccc21.[CH2-]I.[CH3-].[V].[V]. The number of aliphatic hydroxyl groups is 2. The molecule has 10 nitrogen and oxygen atoms in total. The Labute approximate surface area is 551 Å². The van der Waals surface area contributed by atoms with Crippen molar-refractivity contribution in [1.82, 2.24) is 0 Å². The molecule has 0 amide bonds. The third-order valence-corrected chi connectivity index (χ3v) is 12.2. The molecule has 5 N–H and O–H groups in total. The van der Waals surface area contributed by atoms with Crippen molar-refractivity contribution < 1.29 is 121 Å². The molecule has 2 radical (unpaired) electrons. The summed E-state index contributed by atoms with van der Waals surface area (Å²) < 4.78 is 91.9. The molecule has 5 aromatic rings. The molecule has 0 bridgehead atoms. The summed E-state index contributed by atoms with van der Waals surface area (Å²) in [4.78, 5) is 3.22. The molecule has 79 heavy (non-hydrogen) atoms. The molecule has 3 heterocycles. The Bertz CT molecular complexity index is 2480. The zero-order valence-corrected chi connectivity index (χ0v) is 60.3. The second-order valence-electron chi connectivity index (χ2n) is 19.5. The number of halogens is 11. The van der Waals surface area contributed by atoms with Crippen molar-refractivity contribution in [3.63, 3.8) is 0 Å². The van der Waals surface area contributed by atoms with Crippen LogP contribution in [0, 0.1) is 78.5 Å². The second kappa shape index (κ2) is 43.3. The van der Waals surface area contributed by atoms with Crippen LogP contribution in [0.2, 0.25) is 0 Å². The molecule has 0 aromatic heterocycles. The summed E-state index contributed by atoms with van der Waals surface area (Å²) in [6.45, 7) is 20.3. The molecule has 2 saturated heterocycles. The van der Waals surface area contributed by atoms with Crippen LogP contribution in [-0.4, -0.2) is 93.4 Å². The largest absolute Gasteiger partial charge is 0.491 e. The predicted octanol–water partition coefficient (Wildman–Crippen LogP) is 7.58. The van der Waals surface area contributed by atoms with Crippen LogP contribution in [0.25, 0.3) is 0 Å². The van der Waals surface area contributed by atoms with Gasteiger partial charge in [-0.2, -0.15) is 0 Å². The topological polar surface area (TPSA) is 147 Å². The first-order valence-corrected chi connectivity index (χ1v) is 39.2. The number of hydrogen-bond acceptors (Lipinski definition) is 10. The molecule has 27 heteroatoms. The van der Waals surface area contributed by atoms with Gasteiger partial charge in [-0.25, -0.2) is 22.0 Å². The van der Waals surface area contributed by atoms with E-state index in [1.54, 1.807) is 45.0 Å². The third-order valence-electron chi connectivity index (χ3n) is 10.7. The van der Waals surface area contributed by atoms with Gasteiger partial charge in [0.2, 0.25) is 0 Å². The molecule has 0 unspecified atom stereocenters. The molecule has 5 aromatic carbocycles. The Balaban J connectivity index is -0.000000874. The van der Waals surface area contributed by atoms with E-state index in [9.17, 15) is 22.0 Å². The van der Waals surface area contributed by atoms with Gasteiger partial charge in [0, 0.05) is 89.6 Å². The molecule has 3 aliphatic heterocycles. The van der Waals surface area contributed by atoms with Gasteiger partial charge in [-0.1, -0.05) is 97.7 Å². The van der Waals surface area contributed by atoms with Gasteiger partial charge < -0.3 is 78.6 Å². The molecule has 0 saturated carbocycles. The molecule has 2 fully saturated rings. The van der Waals surface area contributed by atoms with Crippen molar-refractivity contribution in [3.8, 4) is 0 Å². The van der Waals surface area contributed by atoms with Gasteiger partial charge in [0.15, 0.2) is 0 Å². The Morgan fingerprint density at radius 3 is 1.37 bits per heavy atom. The summed E-state index contributed by atoms with van der Waals surface area (Å²) in [7, 11) is -3.12. The van der Waals surface area contributed by atoms with Crippen molar-refractivity contribution in [2.75, 3.05) is 39.6 Å². The fourth-order valence-electron chi connectivity index (χ4n) is 6.35. The van der Waals surface area contributed by atoms with E-state index in [0.717, 1.165) is 37.7 Å². The number of rotatable bonds is 6. The first kappa shape index (κ1) is 83.9. The molecule has 438 valence electrons. The van der Waals surface area contributed by atoms with Crippen molar-refractivity contribution in [2.24, 2.45) is 16.2 Å². The van der Waals surface area contributed by atoms with Crippen LogP contribution in [0.15, 0.2) is 95.5 Å². The first-order valence-electron chi connectivity index (χ1n) is 23.2. The zero-order chi connectivity index (χ0) is 58.0. The smallest absolute Gasteiger partial charge is 0.423 e. The normalized spacial score (nSPS) is 14.2. The second-order valence-corrected chi connectivity index (χ2v) is 37.2. The van der Waals surface area contributed by atoms with Gasteiger partial charge in [0.25, 0.3) is 0 Å². The van der Waals surface area contributed by atoms with Crippen molar-refractivity contribution in [2.45, 2.75) is 74.3 Å². The van der Waals surface area contributed by atoms with E-state index in [1.807, 2.05) is 36.4 Å². The molecular formula is C52H68B4Br2F5I4O10V2-3. The van der Waals surface area contributed by atoms with E-state index in [4.69, 9.17) is 48.6 Å². The van der Waals surface area contributed by atoms with E-state index in [1.165, 1.54) is 66.7 Å². The Kier molecular flexibility index (Phi) is 46.0. The van der Waals surface area contributed by atoms with Gasteiger partial charge in [-0.15, -0.1) is 0 Å². The van der Waals surface area contributed by atoms with Gasteiger partial charge in [0.1, 0.15) is 29.1 Å². The maximum atomic E-state index is 13.1. The van der Waals surface area contributed by atoms with Gasteiger partial charge in [-0.05, 0) is 137 Å². The average Bonchev–Trinajstić information content (AvgIpc) is 3.73. The molecule has 8 rings (SSSR count). The third kappa shape index (κ3) is 32.8. The molecule has 0 atom stereocenters. The molecule has 3 aliphatic rings. The zero-order valence-electron chi connectivity index (χ0n) is 45.7. The van der Waals surface area contributed by atoms with Crippen LogP contribution in [0.5, 0.6) is 0 Å². The average molecular weight is 1760 g/mol. The van der Waals surface area contributed by atoms with Crippen molar-refractivity contribution in [1.29, 1.82) is 0 Å². The minimum Gasteiger partial charge on any atom is -0.423 e. The van der Waals surface area contributed by atoms with E-state index in [0.29, 0.717) is 68.1 Å². The van der Waals surface area contributed by atoms with Gasteiger partial charge >= 0.3 is 79.0 Å². The fourth-order valence-corrected chi connectivity index (χ4v) is 7.09. The summed E-state index contributed by atoms with van der Waals surface area (Å²) in [6, 6.07) is 22.0. The summed E-state index contributed by atoms with van der Waals surface area (Å²) in [5, 5.41) is 44.0. The molecule has 0 spiro atoms. The van der Waals surface area contributed by atoms with E-state index < -0.39 is 14.2 Å². The molecular weight excluding hydrogens is 1690 g/mol. The quantitative estimate of drug-likeness (QED) is 0.0380. The number of hydrogen-bond donors (Lipinski definition) is 5. The Hall–Kier alpha value is 0.659. The first-order chi connectivity index (χ1) is 35.6. The van der Waals surface area contributed by atoms with E-state index in [-0.39, 0.29) is 117 Å². The van der Waals surface area contributed by atoms with Crippen LogP contribution in [0.1, 0.15) is 69.4 Å². The van der Waals surface area contributed by atoms with E-state index >= 15 is 0 Å². The van der Waals surface area contributed by atoms with Crippen LogP contribution >= 0.6 is 91.7 Å². The standard InChI is InChI=1S/C12H15BBrFO2.C12H16BFO2.C7H6BFO2.C7H8BFO2.C7H6BrF.C5H12O2.CH2I.CH3.I3.2V/c1-12(2)7-16-13(17-8-12)11-4-3-10(15)5-9(11)6-14;1-9-6-10(14)4-5-11(9)13-15-7-12(2,3)8-16-13;9-6-1-2-7-5(3-6)4-11-8(7)10;1-5-4-6(9)2-3-7(5)8(10)11;1-5-4-6(9)2-3-7(5)8;1-5(2,3-6)4-7;1-2;;1-3-2;;/h3-5H,6-8H2,1-2H3;4-6H,7-8H2,1-3H3;1-3,10H,4H2;2-4,10-11H,1H3;2-4H,1H3;6-7H,3-4H2,1-2H3;1H2;1H3;;;/q;;;;;;3*-1;;. The number of fused-ring (bicyclic) bond motifs is 1. The van der Waals surface area contributed by atoms with Crippen LogP contribution in [0.4, 0.5) is 22.0 Å². The summed E-state index contributed by atoms with van der Waals surface area (Å²) in [5.74, 6) is -1.30.